The zero-order valence-corrected chi connectivity index (χ0v) is 9.21. The van der Waals surface area contributed by atoms with Gasteiger partial charge in [0.1, 0.15) is 5.75 Å². The molecule has 0 radical (unpaired) electrons. The Labute approximate surface area is 90.1 Å². The lowest BCUT2D eigenvalue weighted by Gasteiger charge is -2.08. The van der Waals surface area contributed by atoms with Crippen LogP contribution < -0.4 is 5.32 Å². The molecule has 3 heteroatoms. The first-order valence-corrected chi connectivity index (χ1v) is 5.23. The Bertz CT molecular complexity index is 347. The summed E-state index contributed by atoms with van der Waals surface area (Å²) in [5.41, 5.74) is 1.40. The summed E-state index contributed by atoms with van der Waals surface area (Å²) in [5, 5.41) is 12.2. The highest BCUT2D eigenvalue weighted by molar-refractivity contribution is 5.91. The van der Waals surface area contributed by atoms with E-state index in [1.807, 2.05) is 6.92 Å². The van der Waals surface area contributed by atoms with Gasteiger partial charge in [0.15, 0.2) is 0 Å². The Morgan fingerprint density at radius 2 is 2.20 bits per heavy atom. The maximum absolute atomic E-state index is 11.4. The molecular formula is C12H17NO2. The Morgan fingerprint density at radius 1 is 1.47 bits per heavy atom. The number of unbranched alkanes of at least 4 members (excludes halogenated alkanes) is 1. The Kier molecular flexibility index (Phi) is 4.16. The minimum absolute atomic E-state index is 0.00514. The number of phenols is 1. The predicted octanol–water partition coefficient (Wildman–Crippen LogP) is 2.83. The molecule has 1 aromatic carbocycles. The van der Waals surface area contributed by atoms with E-state index in [0.717, 1.165) is 12.8 Å². The van der Waals surface area contributed by atoms with Crippen molar-refractivity contribution in [3.05, 3.63) is 23.8 Å². The molecule has 0 aliphatic rings. The Hall–Kier alpha value is -1.51. The summed E-state index contributed by atoms with van der Waals surface area (Å²) in [6.45, 7) is 3.83. The molecule has 0 unspecified atom stereocenters. The summed E-state index contributed by atoms with van der Waals surface area (Å²) >= 11 is 0. The van der Waals surface area contributed by atoms with Crippen molar-refractivity contribution in [3.8, 4) is 5.75 Å². The summed E-state index contributed by atoms with van der Waals surface area (Å²) in [7, 11) is 0. The number of anilines is 1. The van der Waals surface area contributed by atoms with Crippen molar-refractivity contribution in [3.63, 3.8) is 0 Å². The molecule has 3 nitrogen and oxygen atoms in total. The molecule has 0 atom stereocenters. The third-order valence-electron chi connectivity index (χ3n) is 2.34. The quantitative estimate of drug-likeness (QED) is 0.797. The van der Waals surface area contributed by atoms with Crippen molar-refractivity contribution in [2.75, 3.05) is 5.32 Å². The molecule has 82 valence electrons. The largest absolute Gasteiger partial charge is 0.508 e. The number of phenolic OH excluding ortho intramolecular Hbond substituents is 1. The second kappa shape index (κ2) is 5.39. The fraction of sp³-hybridized carbons (Fsp3) is 0.417. The van der Waals surface area contributed by atoms with Crippen molar-refractivity contribution in [1.29, 1.82) is 0 Å². The summed E-state index contributed by atoms with van der Waals surface area (Å²) in [6.07, 6.45) is 2.43. The molecule has 0 bridgehead atoms. The normalized spacial score (nSPS) is 10.0. The number of amides is 1. The molecule has 1 rings (SSSR count). The van der Waals surface area contributed by atoms with E-state index < -0.39 is 0 Å². The van der Waals surface area contributed by atoms with E-state index in [9.17, 15) is 9.90 Å². The molecule has 0 heterocycles. The predicted molar refractivity (Wildman–Crippen MR) is 61.0 cm³/mol. The molecule has 0 saturated carbocycles. The highest BCUT2D eigenvalue weighted by atomic mass is 16.3. The van der Waals surface area contributed by atoms with Gasteiger partial charge >= 0.3 is 0 Å². The van der Waals surface area contributed by atoms with Crippen LogP contribution in [0.1, 0.15) is 31.7 Å². The molecule has 0 aliphatic carbocycles. The molecule has 0 aromatic heterocycles. The summed E-state index contributed by atoms with van der Waals surface area (Å²) < 4.78 is 0. The molecule has 0 fully saturated rings. The third-order valence-corrected chi connectivity index (χ3v) is 2.34. The Balaban J connectivity index is 2.64. The van der Waals surface area contributed by atoms with Gasteiger partial charge < -0.3 is 10.4 Å². The molecule has 0 saturated heterocycles. The van der Waals surface area contributed by atoms with Gasteiger partial charge in [-0.25, -0.2) is 0 Å². The van der Waals surface area contributed by atoms with E-state index in [1.165, 1.54) is 0 Å². The first-order valence-electron chi connectivity index (χ1n) is 5.23. The van der Waals surface area contributed by atoms with E-state index >= 15 is 0 Å². The lowest BCUT2D eigenvalue weighted by Crippen LogP contribution is -2.11. The first kappa shape index (κ1) is 11.6. The van der Waals surface area contributed by atoms with Gasteiger partial charge in [0.2, 0.25) is 5.91 Å². The monoisotopic (exact) mass is 207 g/mol. The van der Waals surface area contributed by atoms with Gasteiger partial charge in [0, 0.05) is 17.7 Å². The number of nitrogens with one attached hydrogen (secondary N) is 1. The smallest absolute Gasteiger partial charge is 0.224 e. The van der Waals surface area contributed by atoms with Crippen LogP contribution in [0.4, 0.5) is 5.69 Å². The van der Waals surface area contributed by atoms with Crippen molar-refractivity contribution in [1.82, 2.24) is 0 Å². The van der Waals surface area contributed by atoms with Crippen LogP contribution in [-0.4, -0.2) is 11.0 Å². The fourth-order valence-corrected chi connectivity index (χ4v) is 1.31. The zero-order valence-electron chi connectivity index (χ0n) is 9.21. The maximum atomic E-state index is 11.4. The van der Waals surface area contributed by atoms with E-state index in [-0.39, 0.29) is 11.7 Å². The number of benzene rings is 1. The van der Waals surface area contributed by atoms with Gasteiger partial charge in [-0.3, -0.25) is 4.79 Å². The van der Waals surface area contributed by atoms with Crippen molar-refractivity contribution in [2.24, 2.45) is 0 Å². The molecular weight excluding hydrogens is 190 g/mol. The summed E-state index contributed by atoms with van der Waals surface area (Å²) in [6, 6.07) is 5.12. The average Bonchev–Trinajstić information content (AvgIpc) is 2.22. The van der Waals surface area contributed by atoms with Gasteiger partial charge in [0.05, 0.1) is 0 Å². The van der Waals surface area contributed by atoms with Crippen molar-refractivity contribution in [2.45, 2.75) is 33.1 Å². The number of hydrogen-bond acceptors (Lipinski definition) is 2. The number of carbonyl (C=O) groups is 1. The van der Waals surface area contributed by atoms with Crippen LogP contribution in [0, 0.1) is 6.92 Å². The average molecular weight is 207 g/mol. The number of carbonyl (C=O) groups excluding carboxylic acids is 1. The number of aromatic hydroxyl groups is 1. The lowest BCUT2D eigenvalue weighted by atomic mass is 10.1. The molecule has 15 heavy (non-hydrogen) atoms. The summed E-state index contributed by atoms with van der Waals surface area (Å²) in [5.74, 6) is 0.217. The number of hydrogen-bond donors (Lipinski definition) is 2. The van der Waals surface area contributed by atoms with Gasteiger partial charge in [-0.1, -0.05) is 19.4 Å². The maximum Gasteiger partial charge on any atom is 0.224 e. The minimum atomic E-state index is 0.00514. The van der Waals surface area contributed by atoms with Crippen LogP contribution in [0.5, 0.6) is 5.75 Å². The van der Waals surface area contributed by atoms with E-state index in [1.54, 1.807) is 25.1 Å². The molecule has 0 spiro atoms. The standard InChI is InChI=1S/C12H17NO2/c1-3-4-8-12(15)13-10-6-5-7-11(14)9(10)2/h5-7,14H,3-4,8H2,1-2H3,(H,13,15). The second-order valence-corrected chi connectivity index (χ2v) is 3.60. The SMILES string of the molecule is CCCCC(=O)Nc1cccc(O)c1C. The van der Waals surface area contributed by atoms with E-state index in [2.05, 4.69) is 5.32 Å². The van der Waals surface area contributed by atoms with Crippen LogP contribution in [0.3, 0.4) is 0 Å². The van der Waals surface area contributed by atoms with Crippen LogP contribution in [0.25, 0.3) is 0 Å². The first-order chi connectivity index (χ1) is 7.15. The summed E-state index contributed by atoms with van der Waals surface area (Å²) in [4.78, 5) is 11.4. The molecule has 1 aromatic rings. The minimum Gasteiger partial charge on any atom is -0.508 e. The molecule has 2 N–H and O–H groups in total. The zero-order chi connectivity index (χ0) is 11.3. The van der Waals surface area contributed by atoms with E-state index in [0.29, 0.717) is 17.7 Å². The van der Waals surface area contributed by atoms with Gasteiger partial charge in [-0.2, -0.15) is 0 Å². The van der Waals surface area contributed by atoms with Gasteiger partial charge in [-0.15, -0.1) is 0 Å². The van der Waals surface area contributed by atoms with Crippen molar-refractivity contribution >= 4 is 11.6 Å². The van der Waals surface area contributed by atoms with Crippen LogP contribution in [0.2, 0.25) is 0 Å². The van der Waals surface area contributed by atoms with Crippen molar-refractivity contribution < 1.29 is 9.90 Å². The Morgan fingerprint density at radius 3 is 2.87 bits per heavy atom. The molecule has 0 aliphatic heterocycles. The van der Waals surface area contributed by atoms with Gasteiger partial charge in [0.25, 0.3) is 0 Å². The number of rotatable bonds is 4. The fourth-order valence-electron chi connectivity index (χ4n) is 1.31. The van der Waals surface area contributed by atoms with Crippen LogP contribution in [-0.2, 0) is 4.79 Å². The topological polar surface area (TPSA) is 49.3 Å². The second-order valence-electron chi connectivity index (χ2n) is 3.60. The highest BCUT2D eigenvalue weighted by Crippen LogP contribution is 2.23. The third kappa shape index (κ3) is 3.27. The lowest BCUT2D eigenvalue weighted by molar-refractivity contribution is -0.116. The van der Waals surface area contributed by atoms with Gasteiger partial charge in [-0.05, 0) is 25.5 Å². The highest BCUT2D eigenvalue weighted by Gasteiger charge is 2.05. The van der Waals surface area contributed by atoms with Crippen LogP contribution >= 0.6 is 0 Å². The van der Waals surface area contributed by atoms with Crippen LogP contribution in [0.15, 0.2) is 18.2 Å². The molecule has 1 amide bonds. The van der Waals surface area contributed by atoms with E-state index in [4.69, 9.17) is 0 Å².